The molecule has 7 heteroatoms. The van der Waals surface area contributed by atoms with Crippen molar-refractivity contribution in [2.75, 3.05) is 13.2 Å². The van der Waals surface area contributed by atoms with Crippen LogP contribution in [0.2, 0.25) is 5.02 Å². The minimum atomic E-state index is -0.292. The van der Waals surface area contributed by atoms with Gasteiger partial charge in [-0.3, -0.25) is 14.5 Å². The number of halogens is 1. The molecule has 3 aromatic rings. The molecule has 0 atom stereocenters. The summed E-state index contributed by atoms with van der Waals surface area (Å²) in [6, 6.07) is 23.0. The van der Waals surface area contributed by atoms with E-state index in [2.05, 4.69) is 0 Å². The summed E-state index contributed by atoms with van der Waals surface area (Å²) < 4.78 is 5.71. The van der Waals surface area contributed by atoms with E-state index in [0.29, 0.717) is 9.93 Å². The highest BCUT2D eigenvalue weighted by Gasteiger charge is 2.34. The third-order valence-electron chi connectivity index (χ3n) is 4.69. The molecule has 32 heavy (non-hydrogen) atoms. The van der Waals surface area contributed by atoms with Crippen LogP contribution in [-0.2, 0) is 4.79 Å². The largest absolute Gasteiger partial charge is 0.492 e. The highest BCUT2D eigenvalue weighted by atomic mass is 35.5. The zero-order chi connectivity index (χ0) is 22.5. The Labute approximate surface area is 200 Å². The highest BCUT2D eigenvalue weighted by molar-refractivity contribution is 8.18. The van der Waals surface area contributed by atoms with Gasteiger partial charge < -0.3 is 4.74 Å². The Kier molecular flexibility index (Phi) is 7.25. The van der Waals surface area contributed by atoms with Crippen LogP contribution in [0.4, 0.5) is 4.79 Å². The summed E-state index contributed by atoms with van der Waals surface area (Å²) in [5, 5.41) is 0.402. The van der Waals surface area contributed by atoms with Gasteiger partial charge in [0.1, 0.15) is 12.4 Å². The minimum Gasteiger partial charge on any atom is -0.492 e. The lowest BCUT2D eigenvalue weighted by Gasteiger charge is -2.13. The molecule has 0 aliphatic carbocycles. The molecule has 1 aliphatic rings. The first-order valence-corrected chi connectivity index (χ1v) is 12.0. The fourth-order valence-electron chi connectivity index (χ4n) is 3.12. The van der Waals surface area contributed by atoms with Crippen molar-refractivity contribution in [2.45, 2.75) is 16.7 Å². The summed E-state index contributed by atoms with van der Waals surface area (Å²) in [4.78, 5) is 29.0. The molecule has 0 N–H and O–H groups in total. The number of thioether (sulfide) groups is 1. The Hall–Kier alpha value is -2.67. The fraction of sp³-hybridized carbons (Fsp3) is 0.120. The van der Waals surface area contributed by atoms with Crippen molar-refractivity contribution in [2.24, 2.45) is 0 Å². The maximum atomic E-state index is 12.9. The number of aryl methyl sites for hydroxylation is 1. The normalized spacial score (nSPS) is 14.9. The first kappa shape index (κ1) is 22.5. The van der Waals surface area contributed by atoms with Gasteiger partial charge in [0.2, 0.25) is 0 Å². The standard InChI is InChI=1S/C25H20ClNO3S2/c1-17-5-4-7-20(15-17)30-14-13-27-24(28)23(32-25(27)29)16-18-6-2-3-8-22(18)31-21-11-9-19(26)10-12-21/h2-12,15-16H,13-14H2,1H3/b23-16-. The van der Waals surface area contributed by atoms with Crippen LogP contribution >= 0.6 is 35.1 Å². The second-order valence-electron chi connectivity index (χ2n) is 7.09. The topological polar surface area (TPSA) is 46.6 Å². The Balaban J connectivity index is 1.45. The van der Waals surface area contributed by atoms with E-state index in [0.717, 1.165) is 38.4 Å². The van der Waals surface area contributed by atoms with Gasteiger partial charge in [0, 0.05) is 14.8 Å². The quantitative estimate of drug-likeness (QED) is 0.343. The van der Waals surface area contributed by atoms with Gasteiger partial charge in [-0.2, -0.15) is 0 Å². The van der Waals surface area contributed by atoms with Crippen molar-refractivity contribution in [3.8, 4) is 5.75 Å². The van der Waals surface area contributed by atoms with E-state index in [-0.39, 0.29) is 24.3 Å². The van der Waals surface area contributed by atoms with Crippen molar-refractivity contribution >= 4 is 52.3 Å². The lowest BCUT2D eigenvalue weighted by molar-refractivity contribution is -0.123. The van der Waals surface area contributed by atoms with E-state index in [1.807, 2.05) is 79.7 Å². The third kappa shape index (κ3) is 5.57. The number of amides is 2. The van der Waals surface area contributed by atoms with E-state index < -0.39 is 0 Å². The highest BCUT2D eigenvalue weighted by Crippen LogP contribution is 2.36. The number of ether oxygens (including phenoxy) is 1. The Morgan fingerprint density at radius 1 is 1.03 bits per heavy atom. The van der Waals surface area contributed by atoms with E-state index in [1.54, 1.807) is 17.8 Å². The number of nitrogens with zero attached hydrogens (tertiary/aromatic N) is 1. The van der Waals surface area contributed by atoms with Gasteiger partial charge in [-0.25, -0.2) is 0 Å². The summed E-state index contributed by atoms with van der Waals surface area (Å²) in [7, 11) is 0. The van der Waals surface area contributed by atoms with Crippen molar-refractivity contribution < 1.29 is 14.3 Å². The molecule has 4 nitrogen and oxygen atoms in total. The summed E-state index contributed by atoms with van der Waals surface area (Å²) in [5.41, 5.74) is 1.97. The molecule has 3 aromatic carbocycles. The maximum Gasteiger partial charge on any atom is 0.293 e. The molecule has 0 spiro atoms. The van der Waals surface area contributed by atoms with Gasteiger partial charge >= 0.3 is 0 Å². The van der Waals surface area contributed by atoms with Crippen LogP contribution in [0.25, 0.3) is 6.08 Å². The zero-order valence-electron chi connectivity index (χ0n) is 17.3. The van der Waals surface area contributed by atoms with E-state index in [9.17, 15) is 9.59 Å². The Morgan fingerprint density at radius 2 is 1.81 bits per heavy atom. The molecule has 0 saturated carbocycles. The predicted octanol–water partition coefficient (Wildman–Crippen LogP) is 6.91. The van der Waals surface area contributed by atoms with Crippen LogP contribution < -0.4 is 4.74 Å². The molecule has 162 valence electrons. The number of carbonyl (C=O) groups is 2. The van der Waals surface area contributed by atoms with Crippen molar-refractivity contribution in [3.05, 3.63) is 93.9 Å². The van der Waals surface area contributed by atoms with E-state index in [4.69, 9.17) is 16.3 Å². The van der Waals surface area contributed by atoms with Gasteiger partial charge in [-0.05, 0) is 78.4 Å². The van der Waals surface area contributed by atoms with Crippen LogP contribution in [0.1, 0.15) is 11.1 Å². The van der Waals surface area contributed by atoms with Crippen LogP contribution in [0.5, 0.6) is 5.75 Å². The van der Waals surface area contributed by atoms with Crippen molar-refractivity contribution in [1.82, 2.24) is 4.90 Å². The third-order valence-corrected chi connectivity index (χ3v) is 6.95. The van der Waals surface area contributed by atoms with Gasteiger partial charge in [0.15, 0.2) is 0 Å². The summed E-state index contributed by atoms with van der Waals surface area (Å²) in [5.74, 6) is 0.430. The monoisotopic (exact) mass is 481 g/mol. The zero-order valence-corrected chi connectivity index (χ0v) is 19.7. The van der Waals surface area contributed by atoms with Crippen molar-refractivity contribution in [1.29, 1.82) is 0 Å². The molecule has 1 saturated heterocycles. The van der Waals surface area contributed by atoms with Gasteiger partial charge in [0.25, 0.3) is 11.1 Å². The SMILES string of the molecule is Cc1cccc(OCCN2C(=O)S/C(=C\c3ccccc3Sc3ccc(Cl)cc3)C2=O)c1. The number of rotatable bonds is 7. The first-order valence-electron chi connectivity index (χ1n) is 9.97. The number of hydrogen-bond donors (Lipinski definition) is 0. The van der Waals surface area contributed by atoms with Crippen LogP contribution in [-0.4, -0.2) is 29.2 Å². The molecule has 4 rings (SSSR count). The molecule has 2 amide bonds. The first-order chi connectivity index (χ1) is 15.5. The summed E-state index contributed by atoms with van der Waals surface area (Å²) in [6.07, 6.45) is 1.78. The van der Waals surface area contributed by atoms with Gasteiger partial charge in [0.05, 0.1) is 11.4 Å². The van der Waals surface area contributed by atoms with E-state index >= 15 is 0 Å². The molecule has 0 aromatic heterocycles. The van der Waals surface area contributed by atoms with Crippen LogP contribution in [0, 0.1) is 6.92 Å². The molecular weight excluding hydrogens is 462 g/mol. The molecule has 0 bridgehead atoms. The molecule has 0 radical (unpaired) electrons. The minimum absolute atomic E-state index is 0.205. The molecule has 0 unspecified atom stereocenters. The number of benzene rings is 3. The predicted molar refractivity (Wildman–Crippen MR) is 131 cm³/mol. The second-order valence-corrected chi connectivity index (χ2v) is 9.64. The number of hydrogen-bond acceptors (Lipinski definition) is 5. The average molecular weight is 482 g/mol. The number of imide groups is 1. The van der Waals surface area contributed by atoms with Gasteiger partial charge in [-0.15, -0.1) is 0 Å². The van der Waals surface area contributed by atoms with Gasteiger partial charge in [-0.1, -0.05) is 53.7 Å². The average Bonchev–Trinajstić information content (AvgIpc) is 3.04. The summed E-state index contributed by atoms with van der Waals surface area (Å²) >= 11 is 8.51. The Morgan fingerprint density at radius 3 is 2.59 bits per heavy atom. The molecule has 1 heterocycles. The second kappa shape index (κ2) is 10.3. The molecule has 1 aliphatic heterocycles. The maximum absolute atomic E-state index is 12.9. The van der Waals surface area contributed by atoms with Crippen molar-refractivity contribution in [3.63, 3.8) is 0 Å². The lowest BCUT2D eigenvalue weighted by Crippen LogP contribution is -2.32. The lowest BCUT2D eigenvalue weighted by atomic mass is 10.2. The Bertz CT molecular complexity index is 1180. The van der Waals surface area contributed by atoms with E-state index in [1.165, 1.54) is 4.90 Å². The molecular formula is C25H20ClNO3S2. The summed E-state index contributed by atoms with van der Waals surface area (Å²) in [6.45, 7) is 2.44. The number of carbonyl (C=O) groups excluding carboxylic acids is 2. The van der Waals surface area contributed by atoms with Crippen LogP contribution in [0.3, 0.4) is 0 Å². The molecule has 1 fully saturated rings. The van der Waals surface area contributed by atoms with Crippen LogP contribution in [0.15, 0.2) is 87.5 Å². The smallest absolute Gasteiger partial charge is 0.293 e. The fourth-order valence-corrected chi connectivity index (χ4v) is 5.02.